The molecule has 0 heterocycles. The Bertz CT molecular complexity index is 1620. The number of rotatable bonds is 9. The maximum atomic E-state index is 14.9. The van der Waals surface area contributed by atoms with Crippen LogP contribution in [0.1, 0.15) is 24.5 Å². The molecule has 0 unspecified atom stereocenters. The molecule has 0 atom stereocenters. The number of aryl methyl sites for hydroxylation is 1. The average Bonchev–Trinajstić information content (AvgIpc) is 2.87. The quantitative estimate of drug-likeness (QED) is 0.141. The van der Waals surface area contributed by atoms with Crippen LogP contribution < -0.4 is 9.47 Å². The lowest BCUT2D eigenvalue weighted by molar-refractivity contribution is -0.187. The van der Waals surface area contributed by atoms with Crippen molar-refractivity contribution < 1.29 is 53.4 Å². The summed E-state index contributed by atoms with van der Waals surface area (Å²) in [5.41, 5.74) is -2.53. The van der Waals surface area contributed by atoms with Gasteiger partial charge in [0.15, 0.2) is 23.6 Å². The van der Waals surface area contributed by atoms with Crippen LogP contribution in [0.4, 0.5) is 43.9 Å². The van der Waals surface area contributed by atoms with E-state index in [2.05, 4.69) is 9.47 Å². The van der Waals surface area contributed by atoms with Crippen LogP contribution in [0, 0.1) is 34.9 Å². The van der Waals surface area contributed by atoms with Crippen LogP contribution in [0.2, 0.25) is 0 Å². The molecule has 4 aromatic rings. The molecule has 0 saturated carbocycles. The zero-order valence-electron chi connectivity index (χ0n) is 21.4. The Morgan fingerprint density at radius 3 is 1.88 bits per heavy atom. The van der Waals surface area contributed by atoms with E-state index in [1.165, 1.54) is 12.1 Å². The summed E-state index contributed by atoms with van der Waals surface area (Å²) in [7, 11) is 0. The van der Waals surface area contributed by atoms with Crippen LogP contribution in [0.25, 0.3) is 22.3 Å². The molecule has 4 aromatic carbocycles. The topological polar surface area (TPSA) is 18.5 Å². The van der Waals surface area contributed by atoms with Gasteiger partial charge in [-0.05, 0) is 53.4 Å². The molecule has 220 valence electrons. The molecule has 0 aliphatic heterocycles. The number of benzene rings is 4. The number of hydrogen-bond donors (Lipinski definition) is 0. The maximum absolute atomic E-state index is 14.9. The van der Waals surface area contributed by atoms with Gasteiger partial charge in [0.05, 0.1) is 11.1 Å². The summed E-state index contributed by atoms with van der Waals surface area (Å²) >= 11 is 0. The summed E-state index contributed by atoms with van der Waals surface area (Å²) < 4.78 is 150. The second kappa shape index (κ2) is 12.2. The van der Waals surface area contributed by atoms with Gasteiger partial charge >= 0.3 is 12.2 Å². The molecule has 0 bridgehead atoms. The Labute approximate surface area is 232 Å². The zero-order chi connectivity index (χ0) is 30.8. The Kier molecular flexibility index (Phi) is 8.83. The molecule has 42 heavy (non-hydrogen) atoms. The van der Waals surface area contributed by atoms with E-state index >= 15 is 0 Å². The summed E-state index contributed by atoms with van der Waals surface area (Å²) in [4.78, 5) is 0. The highest BCUT2D eigenvalue weighted by molar-refractivity contribution is 5.67. The second-order valence-electron chi connectivity index (χ2n) is 8.93. The van der Waals surface area contributed by atoms with Gasteiger partial charge in [0.25, 0.3) is 0 Å². The molecule has 0 N–H and O–H groups in total. The van der Waals surface area contributed by atoms with Crippen molar-refractivity contribution in [3.05, 3.63) is 119 Å². The van der Waals surface area contributed by atoms with Crippen molar-refractivity contribution in [3.63, 3.8) is 0 Å². The molecule has 0 radical (unpaired) electrons. The van der Waals surface area contributed by atoms with Crippen LogP contribution in [-0.2, 0) is 12.5 Å². The summed E-state index contributed by atoms with van der Waals surface area (Å²) in [6.45, 7) is 1.90. The van der Waals surface area contributed by atoms with Crippen molar-refractivity contribution in [2.24, 2.45) is 0 Å². The van der Waals surface area contributed by atoms with E-state index in [9.17, 15) is 43.9 Å². The smallest absolute Gasteiger partial charge is 0.429 e. The van der Waals surface area contributed by atoms with E-state index in [-0.39, 0.29) is 29.5 Å². The third-order valence-electron chi connectivity index (χ3n) is 5.98. The maximum Gasteiger partial charge on any atom is 0.429 e. The fourth-order valence-corrected chi connectivity index (χ4v) is 4.16. The minimum atomic E-state index is -4.47. The fraction of sp³-hybridized carbons (Fsp3) is 0.133. The molecule has 4 rings (SSSR count). The summed E-state index contributed by atoms with van der Waals surface area (Å²) in [6, 6.07) is 7.85. The predicted molar refractivity (Wildman–Crippen MR) is 133 cm³/mol. The molecule has 2 nitrogen and oxygen atoms in total. The minimum absolute atomic E-state index is 0.0391. The first-order valence-corrected chi connectivity index (χ1v) is 12.1. The SMILES string of the molecule is CCCc1ccc(-c2ccc(C(F)(F)Oc3cc(F)c(-c4cc(F)c(OC=C(F)F)c(F)c4)c(F)c3)c(F)c2)c(F)c1. The average molecular weight is 600 g/mol. The lowest BCUT2D eigenvalue weighted by atomic mass is 10.00. The van der Waals surface area contributed by atoms with E-state index in [1.54, 1.807) is 6.07 Å². The predicted octanol–water partition coefficient (Wildman–Crippen LogP) is 10.1. The van der Waals surface area contributed by atoms with E-state index in [0.717, 1.165) is 12.5 Å². The highest BCUT2D eigenvalue weighted by Gasteiger charge is 2.38. The van der Waals surface area contributed by atoms with Gasteiger partial charge < -0.3 is 9.47 Å². The first-order chi connectivity index (χ1) is 19.8. The molecule has 0 aromatic heterocycles. The third kappa shape index (κ3) is 6.53. The minimum Gasteiger partial charge on any atom is -0.453 e. The zero-order valence-corrected chi connectivity index (χ0v) is 21.4. The number of hydrogen-bond acceptors (Lipinski definition) is 2. The molecule has 0 aliphatic carbocycles. The lowest BCUT2D eigenvalue weighted by Crippen LogP contribution is -2.23. The summed E-state index contributed by atoms with van der Waals surface area (Å²) in [5, 5.41) is 0. The lowest BCUT2D eigenvalue weighted by Gasteiger charge is -2.20. The van der Waals surface area contributed by atoms with E-state index in [1.807, 2.05) is 6.92 Å². The standard InChI is InChI=1S/C30H18F10O2/c1-2-3-15-4-6-19(21(31)8-15)16-5-7-20(22(32)9-16)30(39,40)42-18-12-23(33)28(24(34)13-18)17-10-25(35)29(26(36)11-17)41-14-27(37)38/h4-14H,2-3H2,1H3. The number of alkyl halides is 2. The first kappa shape index (κ1) is 30.5. The third-order valence-corrected chi connectivity index (χ3v) is 5.98. The Morgan fingerprint density at radius 2 is 1.33 bits per heavy atom. The molecule has 0 aliphatic rings. The van der Waals surface area contributed by atoms with Crippen LogP contribution in [0.3, 0.4) is 0 Å². The van der Waals surface area contributed by atoms with Gasteiger partial charge in [-0.15, -0.1) is 0 Å². The Morgan fingerprint density at radius 1 is 0.714 bits per heavy atom. The Balaban J connectivity index is 1.60. The molecular weight excluding hydrogens is 582 g/mol. The van der Waals surface area contributed by atoms with Crippen molar-refractivity contribution >= 4 is 0 Å². The van der Waals surface area contributed by atoms with Gasteiger partial charge in [0, 0.05) is 17.7 Å². The van der Waals surface area contributed by atoms with E-state index in [0.29, 0.717) is 36.2 Å². The highest BCUT2D eigenvalue weighted by Crippen LogP contribution is 2.39. The van der Waals surface area contributed by atoms with Crippen molar-refractivity contribution in [1.29, 1.82) is 0 Å². The van der Waals surface area contributed by atoms with Crippen molar-refractivity contribution in [2.75, 3.05) is 0 Å². The molecule has 0 spiro atoms. The van der Waals surface area contributed by atoms with Crippen LogP contribution in [0.15, 0.2) is 73.0 Å². The van der Waals surface area contributed by atoms with Gasteiger partial charge in [0.1, 0.15) is 29.0 Å². The Hall–Kier alpha value is -4.48. The second-order valence-corrected chi connectivity index (χ2v) is 8.93. The van der Waals surface area contributed by atoms with Gasteiger partial charge in [-0.2, -0.15) is 17.6 Å². The van der Waals surface area contributed by atoms with Crippen molar-refractivity contribution in [3.8, 4) is 33.8 Å². The van der Waals surface area contributed by atoms with E-state index < -0.39 is 75.3 Å². The first-order valence-electron chi connectivity index (χ1n) is 12.1. The molecule has 0 fully saturated rings. The highest BCUT2D eigenvalue weighted by atomic mass is 19.3. The number of halogens is 10. The van der Waals surface area contributed by atoms with Gasteiger partial charge in [-0.1, -0.05) is 31.5 Å². The molecule has 12 heteroatoms. The fourth-order valence-electron chi connectivity index (χ4n) is 4.16. The monoisotopic (exact) mass is 600 g/mol. The molecular formula is C30H18F10O2. The van der Waals surface area contributed by atoms with Crippen LogP contribution >= 0.6 is 0 Å². The normalized spacial score (nSPS) is 11.4. The summed E-state index contributed by atoms with van der Waals surface area (Å²) in [5.74, 6) is -11.0. The van der Waals surface area contributed by atoms with Gasteiger partial charge in [-0.25, -0.2) is 26.3 Å². The van der Waals surface area contributed by atoms with Crippen molar-refractivity contribution in [1.82, 2.24) is 0 Å². The van der Waals surface area contributed by atoms with E-state index in [4.69, 9.17) is 0 Å². The largest absolute Gasteiger partial charge is 0.453 e. The van der Waals surface area contributed by atoms with Crippen molar-refractivity contribution in [2.45, 2.75) is 25.9 Å². The summed E-state index contributed by atoms with van der Waals surface area (Å²) in [6.07, 6.45) is -5.77. The number of ether oxygens (including phenoxy) is 2. The molecule has 0 amide bonds. The van der Waals surface area contributed by atoms with Gasteiger partial charge in [-0.3, -0.25) is 0 Å². The van der Waals surface area contributed by atoms with Crippen LogP contribution in [-0.4, -0.2) is 0 Å². The molecule has 0 saturated heterocycles. The van der Waals surface area contributed by atoms with Crippen LogP contribution in [0.5, 0.6) is 11.5 Å². The van der Waals surface area contributed by atoms with Gasteiger partial charge in [0.2, 0.25) is 0 Å².